The van der Waals surface area contributed by atoms with Crippen LogP contribution < -0.4 is 10.0 Å². The van der Waals surface area contributed by atoms with Gasteiger partial charge in [-0.25, -0.2) is 8.42 Å². The van der Waals surface area contributed by atoms with E-state index in [2.05, 4.69) is 36.2 Å². The largest absolute Gasteiger partial charge is 0.314 e. The highest BCUT2D eigenvalue weighted by Gasteiger charge is 2.24. The van der Waals surface area contributed by atoms with Crippen LogP contribution in [0, 0.1) is 6.92 Å². The third kappa shape index (κ3) is 3.57. The first-order chi connectivity index (χ1) is 9.85. The first kappa shape index (κ1) is 16.3. The number of sulfonamides is 1. The molecule has 0 aliphatic rings. The van der Waals surface area contributed by atoms with Crippen molar-refractivity contribution in [2.45, 2.75) is 18.4 Å². The van der Waals surface area contributed by atoms with E-state index in [-0.39, 0.29) is 4.90 Å². The van der Waals surface area contributed by atoms with Gasteiger partial charge in [-0.3, -0.25) is 9.82 Å². The topological polar surface area (TPSA) is 86.9 Å². The Labute approximate surface area is 136 Å². The summed E-state index contributed by atoms with van der Waals surface area (Å²) in [7, 11) is -2.02. The molecule has 0 unspecified atom stereocenters. The predicted molar refractivity (Wildman–Crippen MR) is 86.0 cm³/mol. The molecule has 0 amide bonds. The summed E-state index contributed by atoms with van der Waals surface area (Å²) in [4.78, 5) is 0.152. The number of rotatable bonds is 5. The van der Waals surface area contributed by atoms with Crippen molar-refractivity contribution in [3.05, 3.63) is 39.1 Å². The number of aryl methyl sites for hydroxylation is 1. The molecule has 1 aromatic heterocycles. The average molecular weight is 394 g/mol. The number of hydrogen-bond acceptors (Lipinski definition) is 4. The fourth-order valence-electron chi connectivity index (χ4n) is 1.88. The van der Waals surface area contributed by atoms with Crippen molar-refractivity contribution in [1.29, 1.82) is 0 Å². The van der Waals surface area contributed by atoms with Crippen molar-refractivity contribution in [2.75, 3.05) is 11.8 Å². The maximum Gasteiger partial charge on any atom is 0.265 e. The fraction of sp³-hybridized carbons (Fsp3) is 0.250. The Morgan fingerprint density at radius 1 is 1.43 bits per heavy atom. The van der Waals surface area contributed by atoms with E-state index in [1.54, 1.807) is 32.2 Å². The SMILES string of the molecule is CNCc1n[nH]c(C)c1S(=O)(=O)Nc1ccc(Cl)cc1Br. The summed E-state index contributed by atoms with van der Waals surface area (Å²) in [6.45, 7) is 2.01. The molecule has 0 saturated carbocycles. The van der Waals surface area contributed by atoms with Crippen molar-refractivity contribution in [3.8, 4) is 0 Å². The maximum atomic E-state index is 12.6. The molecule has 0 spiro atoms. The van der Waals surface area contributed by atoms with Gasteiger partial charge in [0, 0.05) is 16.0 Å². The summed E-state index contributed by atoms with van der Waals surface area (Å²) in [5, 5.41) is 10.1. The first-order valence-corrected chi connectivity index (χ1v) is 8.67. The minimum Gasteiger partial charge on any atom is -0.314 e. The van der Waals surface area contributed by atoms with Crippen LogP contribution >= 0.6 is 27.5 Å². The Bertz CT molecular complexity index is 761. The molecule has 2 rings (SSSR count). The van der Waals surface area contributed by atoms with Crippen LogP contribution in [0.1, 0.15) is 11.4 Å². The van der Waals surface area contributed by atoms with Crippen LogP contribution in [0.3, 0.4) is 0 Å². The van der Waals surface area contributed by atoms with Crippen LogP contribution in [0.25, 0.3) is 0 Å². The maximum absolute atomic E-state index is 12.6. The molecule has 114 valence electrons. The van der Waals surface area contributed by atoms with Crippen molar-refractivity contribution >= 4 is 43.2 Å². The molecule has 21 heavy (non-hydrogen) atoms. The van der Waals surface area contributed by atoms with Gasteiger partial charge in [0.1, 0.15) is 4.90 Å². The molecule has 0 aliphatic heterocycles. The second kappa shape index (κ2) is 6.35. The van der Waals surface area contributed by atoms with E-state index in [1.807, 2.05) is 0 Å². The van der Waals surface area contributed by atoms with Gasteiger partial charge in [-0.1, -0.05) is 11.6 Å². The number of nitrogens with zero attached hydrogens (tertiary/aromatic N) is 1. The van der Waals surface area contributed by atoms with Crippen LogP contribution in [0.15, 0.2) is 27.6 Å². The Hall–Kier alpha value is -1.09. The van der Waals surface area contributed by atoms with Crippen LogP contribution in [-0.2, 0) is 16.6 Å². The lowest BCUT2D eigenvalue weighted by molar-refractivity contribution is 0.598. The highest BCUT2D eigenvalue weighted by Crippen LogP contribution is 2.29. The molecular weight excluding hydrogens is 380 g/mol. The van der Waals surface area contributed by atoms with Gasteiger partial charge in [0.25, 0.3) is 10.0 Å². The normalized spacial score (nSPS) is 11.6. The van der Waals surface area contributed by atoms with E-state index < -0.39 is 10.0 Å². The molecule has 1 heterocycles. The van der Waals surface area contributed by atoms with Gasteiger partial charge in [0.15, 0.2) is 0 Å². The molecular formula is C12H14BrClN4O2S. The molecule has 0 atom stereocenters. The molecule has 0 saturated heterocycles. The summed E-state index contributed by atoms with van der Waals surface area (Å²) in [5.74, 6) is 0. The third-order valence-electron chi connectivity index (χ3n) is 2.75. The van der Waals surface area contributed by atoms with Gasteiger partial charge in [-0.2, -0.15) is 5.10 Å². The summed E-state index contributed by atoms with van der Waals surface area (Å²) in [5.41, 5.74) is 1.33. The summed E-state index contributed by atoms with van der Waals surface area (Å²) < 4.78 is 28.2. The zero-order valence-corrected chi connectivity index (χ0v) is 14.5. The Balaban J connectivity index is 2.41. The van der Waals surface area contributed by atoms with E-state index in [0.29, 0.717) is 33.1 Å². The number of anilines is 1. The highest BCUT2D eigenvalue weighted by atomic mass is 79.9. The third-order valence-corrected chi connectivity index (χ3v) is 5.21. The van der Waals surface area contributed by atoms with Gasteiger partial charge in [0.05, 0.1) is 17.1 Å². The second-order valence-corrected chi connectivity index (χ2v) is 7.29. The molecule has 2 aromatic rings. The standard InChI is InChI=1S/C12H14BrClN4O2S/c1-7-12(11(6-15-2)17-16-7)21(19,20)18-10-4-3-8(14)5-9(10)13/h3-5,15,18H,6H2,1-2H3,(H,16,17). The van der Waals surface area contributed by atoms with Crippen molar-refractivity contribution in [3.63, 3.8) is 0 Å². The highest BCUT2D eigenvalue weighted by molar-refractivity contribution is 9.10. The molecule has 9 heteroatoms. The molecule has 1 aromatic carbocycles. The van der Waals surface area contributed by atoms with Crippen LogP contribution in [0.4, 0.5) is 5.69 Å². The van der Waals surface area contributed by atoms with E-state index >= 15 is 0 Å². The summed E-state index contributed by atoms with van der Waals surface area (Å²) in [6.07, 6.45) is 0. The van der Waals surface area contributed by atoms with Gasteiger partial charge in [0.2, 0.25) is 0 Å². The van der Waals surface area contributed by atoms with Crippen molar-refractivity contribution in [1.82, 2.24) is 15.5 Å². The van der Waals surface area contributed by atoms with Gasteiger partial charge in [-0.15, -0.1) is 0 Å². The Morgan fingerprint density at radius 2 is 2.14 bits per heavy atom. The smallest absolute Gasteiger partial charge is 0.265 e. The van der Waals surface area contributed by atoms with E-state index in [1.165, 1.54) is 0 Å². The van der Waals surface area contributed by atoms with Crippen LogP contribution in [0.5, 0.6) is 0 Å². The van der Waals surface area contributed by atoms with Crippen molar-refractivity contribution < 1.29 is 8.42 Å². The van der Waals surface area contributed by atoms with E-state index in [9.17, 15) is 8.42 Å². The lowest BCUT2D eigenvalue weighted by Gasteiger charge is -2.11. The molecule has 6 nitrogen and oxygen atoms in total. The minimum absolute atomic E-state index is 0.152. The van der Waals surface area contributed by atoms with Crippen molar-refractivity contribution in [2.24, 2.45) is 0 Å². The molecule has 0 aliphatic carbocycles. The number of aromatic nitrogens is 2. The van der Waals surface area contributed by atoms with E-state index in [4.69, 9.17) is 11.6 Å². The fourth-order valence-corrected chi connectivity index (χ4v) is 4.24. The number of aromatic amines is 1. The molecule has 0 radical (unpaired) electrons. The monoisotopic (exact) mass is 392 g/mol. The summed E-state index contributed by atoms with van der Waals surface area (Å²) >= 11 is 9.13. The first-order valence-electron chi connectivity index (χ1n) is 6.01. The summed E-state index contributed by atoms with van der Waals surface area (Å²) in [6, 6.07) is 4.83. The lowest BCUT2D eigenvalue weighted by Crippen LogP contribution is -2.17. The minimum atomic E-state index is -3.75. The second-order valence-electron chi connectivity index (χ2n) is 4.38. The van der Waals surface area contributed by atoms with Crippen LogP contribution in [0.2, 0.25) is 5.02 Å². The van der Waals surface area contributed by atoms with Crippen LogP contribution in [-0.4, -0.2) is 25.7 Å². The number of nitrogens with one attached hydrogen (secondary N) is 3. The Morgan fingerprint density at radius 3 is 2.76 bits per heavy atom. The van der Waals surface area contributed by atoms with Gasteiger partial charge >= 0.3 is 0 Å². The molecule has 3 N–H and O–H groups in total. The van der Waals surface area contributed by atoms with Gasteiger partial charge < -0.3 is 5.32 Å². The number of halogens is 2. The molecule has 0 bridgehead atoms. The lowest BCUT2D eigenvalue weighted by atomic mass is 10.3. The zero-order valence-electron chi connectivity index (χ0n) is 11.4. The predicted octanol–water partition coefficient (Wildman–Crippen LogP) is 2.65. The average Bonchev–Trinajstić information content (AvgIpc) is 2.75. The van der Waals surface area contributed by atoms with Gasteiger partial charge in [-0.05, 0) is 48.1 Å². The number of H-pyrrole nitrogens is 1. The number of benzene rings is 1. The quantitative estimate of drug-likeness (QED) is 0.729. The van der Waals surface area contributed by atoms with E-state index in [0.717, 1.165) is 0 Å². The molecule has 0 fully saturated rings. The Kier molecular flexibility index (Phi) is 4.92. The zero-order chi connectivity index (χ0) is 15.6. The number of hydrogen-bond donors (Lipinski definition) is 3.